The van der Waals surface area contributed by atoms with Crippen LogP contribution < -0.4 is 4.74 Å². The lowest BCUT2D eigenvalue weighted by molar-refractivity contribution is -0.139. The van der Waals surface area contributed by atoms with Gasteiger partial charge in [0.1, 0.15) is 18.4 Å². The van der Waals surface area contributed by atoms with Crippen LogP contribution in [0.25, 0.3) is 0 Å². The van der Waals surface area contributed by atoms with Gasteiger partial charge in [0, 0.05) is 19.3 Å². The summed E-state index contributed by atoms with van der Waals surface area (Å²) in [5, 5.41) is 4.17. The molecule has 0 spiro atoms. The first kappa shape index (κ1) is 14.5. The van der Waals surface area contributed by atoms with Gasteiger partial charge >= 0.3 is 0 Å². The number of hydrogen-bond donors (Lipinski definition) is 0. The summed E-state index contributed by atoms with van der Waals surface area (Å²) in [4.78, 5) is 22.4. The number of ether oxygens (including phenoxy) is 1. The average Bonchev–Trinajstić information content (AvgIpc) is 3.10. The Hall–Kier alpha value is -2.44. The fourth-order valence-electron chi connectivity index (χ4n) is 2.71. The van der Waals surface area contributed by atoms with E-state index in [2.05, 4.69) is 15.1 Å². The predicted octanol–water partition coefficient (Wildman–Crippen LogP) is 1.30. The number of hydrogen-bond acceptors (Lipinski definition) is 5. The molecule has 1 saturated heterocycles. The van der Waals surface area contributed by atoms with Crippen molar-refractivity contribution < 1.29 is 9.53 Å². The summed E-state index contributed by atoms with van der Waals surface area (Å²) in [5.74, 6) is 0.599. The van der Waals surface area contributed by atoms with Gasteiger partial charge in [-0.25, -0.2) is 9.67 Å². The van der Waals surface area contributed by atoms with Crippen LogP contribution in [0.4, 0.5) is 0 Å². The van der Waals surface area contributed by atoms with Gasteiger partial charge in [0.05, 0.1) is 12.2 Å². The van der Waals surface area contributed by atoms with Crippen molar-refractivity contribution in [2.45, 2.75) is 31.9 Å². The molecule has 0 bridgehead atoms. The maximum absolute atomic E-state index is 12.6. The molecule has 2 aromatic rings. The molecule has 3 rings (SSSR count). The summed E-state index contributed by atoms with van der Waals surface area (Å²) < 4.78 is 7.49. The van der Waals surface area contributed by atoms with Crippen LogP contribution in [0.2, 0.25) is 0 Å². The van der Waals surface area contributed by atoms with E-state index >= 15 is 0 Å². The third-order valence-electron chi connectivity index (χ3n) is 3.81. The second-order valence-electron chi connectivity index (χ2n) is 5.40. The quantitative estimate of drug-likeness (QED) is 0.851. The molecule has 7 nitrogen and oxygen atoms in total. The first-order chi connectivity index (χ1) is 10.7. The van der Waals surface area contributed by atoms with E-state index in [-0.39, 0.29) is 11.9 Å². The highest BCUT2D eigenvalue weighted by Gasteiger charge is 2.28. The number of amides is 1. The van der Waals surface area contributed by atoms with E-state index in [1.165, 1.54) is 6.33 Å². The highest BCUT2D eigenvalue weighted by molar-refractivity contribution is 5.81. The van der Waals surface area contributed by atoms with Crippen molar-refractivity contribution in [3.05, 3.63) is 37.2 Å². The molecule has 1 aliphatic heterocycles. The molecular weight excluding hydrogens is 282 g/mol. The zero-order chi connectivity index (χ0) is 15.4. The van der Waals surface area contributed by atoms with Gasteiger partial charge in [-0.3, -0.25) is 9.78 Å². The predicted molar refractivity (Wildman–Crippen MR) is 79.2 cm³/mol. The van der Waals surface area contributed by atoms with Gasteiger partial charge in [0.2, 0.25) is 0 Å². The molecule has 0 unspecified atom stereocenters. The van der Waals surface area contributed by atoms with Gasteiger partial charge in [0.25, 0.3) is 5.91 Å². The Balaban J connectivity index is 1.61. The van der Waals surface area contributed by atoms with E-state index in [1.807, 2.05) is 9.58 Å². The van der Waals surface area contributed by atoms with Crippen LogP contribution in [0, 0.1) is 0 Å². The first-order valence-electron chi connectivity index (χ1n) is 7.43. The smallest absolute Gasteiger partial charge is 0.263 e. The molecule has 0 aliphatic carbocycles. The Kier molecular flexibility index (Phi) is 4.32. The molecule has 0 aromatic carbocycles. The number of aromatic nitrogens is 4. The number of pyridine rings is 1. The Labute approximate surface area is 128 Å². The maximum atomic E-state index is 12.6. The van der Waals surface area contributed by atoms with Crippen LogP contribution in [0.3, 0.4) is 0 Å². The number of carbonyl (C=O) groups excluding carboxylic acids is 1. The number of rotatable bonds is 4. The Bertz CT molecular complexity index is 602. The lowest BCUT2D eigenvalue weighted by Gasteiger charge is -2.34. The molecule has 0 N–H and O–H groups in total. The summed E-state index contributed by atoms with van der Waals surface area (Å²) in [6, 6.07) is 3.77. The first-order valence-corrected chi connectivity index (χ1v) is 7.43. The number of nitrogens with zero attached hydrogens (tertiary/aromatic N) is 5. The lowest BCUT2D eigenvalue weighted by Crippen LogP contribution is -2.46. The van der Waals surface area contributed by atoms with Gasteiger partial charge in [-0.15, -0.1) is 0 Å². The molecule has 1 amide bonds. The minimum Gasteiger partial charge on any atom is -0.479 e. The Morgan fingerprint density at radius 1 is 1.45 bits per heavy atom. The Morgan fingerprint density at radius 2 is 2.36 bits per heavy atom. The summed E-state index contributed by atoms with van der Waals surface area (Å²) in [6.07, 6.45) is 7.94. The molecule has 0 saturated carbocycles. The molecule has 0 radical (unpaired) electrons. The minimum atomic E-state index is -0.529. The minimum absolute atomic E-state index is 0.00586. The van der Waals surface area contributed by atoms with E-state index in [0.29, 0.717) is 12.3 Å². The van der Waals surface area contributed by atoms with Crippen molar-refractivity contribution in [1.29, 1.82) is 0 Å². The van der Waals surface area contributed by atoms with Crippen molar-refractivity contribution in [3.63, 3.8) is 0 Å². The second kappa shape index (κ2) is 6.55. The topological polar surface area (TPSA) is 73.1 Å². The van der Waals surface area contributed by atoms with Crippen molar-refractivity contribution >= 4 is 5.91 Å². The summed E-state index contributed by atoms with van der Waals surface area (Å²) >= 11 is 0. The van der Waals surface area contributed by atoms with Crippen molar-refractivity contribution in [2.24, 2.45) is 0 Å². The normalized spacial score (nSPS) is 19.7. The van der Waals surface area contributed by atoms with Crippen LogP contribution in [-0.2, 0) is 4.79 Å². The third kappa shape index (κ3) is 3.24. The van der Waals surface area contributed by atoms with Gasteiger partial charge in [-0.05, 0) is 31.9 Å². The number of likely N-dealkylation sites (tertiary alicyclic amines) is 1. The van der Waals surface area contributed by atoms with Crippen LogP contribution in [0.5, 0.6) is 5.75 Å². The maximum Gasteiger partial charge on any atom is 0.263 e. The summed E-state index contributed by atoms with van der Waals surface area (Å²) in [7, 11) is 0. The van der Waals surface area contributed by atoms with Gasteiger partial charge in [-0.1, -0.05) is 0 Å². The van der Waals surface area contributed by atoms with E-state index < -0.39 is 6.10 Å². The summed E-state index contributed by atoms with van der Waals surface area (Å²) in [6.45, 7) is 3.17. The van der Waals surface area contributed by atoms with Crippen molar-refractivity contribution in [1.82, 2.24) is 24.6 Å². The van der Waals surface area contributed by atoms with Crippen LogP contribution in [-0.4, -0.2) is 49.7 Å². The van der Waals surface area contributed by atoms with Crippen molar-refractivity contribution in [3.8, 4) is 5.75 Å². The number of carbonyl (C=O) groups is 1. The molecule has 116 valence electrons. The lowest BCUT2D eigenvalue weighted by atomic mass is 10.1. The highest BCUT2D eigenvalue weighted by Crippen LogP contribution is 2.21. The fraction of sp³-hybridized carbons (Fsp3) is 0.467. The monoisotopic (exact) mass is 301 g/mol. The fourth-order valence-corrected chi connectivity index (χ4v) is 2.71. The molecule has 1 aliphatic rings. The molecule has 2 atom stereocenters. The molecule has 1 fully saturated rings. The van der Waals surface area contributed by atoms with Crippen LogP contribution in [0.1, 0.15) is 25.8 Å². The standard InChI is InChI=1S/C15H19N5O2/c1-12(22-14-5-2-6-16-8-14)15(21)19-7-3-4-13(9-19)20-11-17-10-18-20/h2,5-6,8,10-13H,3-4,7,9H2,1H3/t12-,13+/m1/s1. The van der Waals surface area contributed by atoms with Crippen LogP contribution in [0.15, 0.2) is 37.2 Å². The van der Waals surface area contributed by atoms with Gasteiger partial charge < -0.3 is 9.64 Å². The van der Waals surface area contributed by atoms with Crippen molar-refractivity contribution in [2.75, 3.05) is 13.1 Å². The third-order valence-corrected chi connectivity index (χ3v) is 3.81. The van der Waals surface area contributed by atoms with E-state index in [1.54, 1.807) is 37.8 Å². The van der Waals surface area contributed by atoms with Gasteiger partial charge in [0.15, 0.2) is 6.10 Å². The van der Waals surface area contributed by atoms with Crippen LogP contribution >= 0.6 is 0 Å². The zero-order valence-corrected chi connectivity index (χ0v) is 12.5. The molecule has 7 heteroatoms. The number of piperidine rings is 1. The molecule has 3 heterocycles. The zero-order valence-electron chi connectivity index (χ0n) is 12.5. The van der Waals surface area contributed by atoms with E-state index in [0.717, 1.165) is 19.4 Å². The second-order valence-corrected chi connectivity index (χ2v) is 5.40. The highest BCUT2D eigenvalue weighted by atomic mass is 16.5. The largest absolute Gasteiger partial charge is 0.479 e. The van der Waals surface area contributed by atoms with Gasteiger partial charge in [-0.2, -0.15) is 5.10 Å². The van der Waals surface area contributed by atoms with E-state index in [4.69, 9.17) is 4.74 Å². The Morgan fingerprint density at radius 3 is 3.09 bits per heavy atom. The van der Waals surface area contributed by atoms with E-state index in [9.17, 15) is 4.79 Å². The molecule has 22 heavy (non-hydrogen) atoms. The SMILES string of the molecule is C[C@@H](Oc1cccnc1)C(=O)N1CCC[C@H](n2cncn2)C1. The molecule has 2 aromatic heterocycles. The summed E-state index contributed by atoms with van der Waals surface area (Å²) in [5.41, 5.74) is 0. The average molecular weight is 301 g/mol. The molecular formula is C15H19N5O2.